The summed E-state index contributed by atoms with van der Waals surface area (Å²) < 4.78 is 7.89. The van der Waals surface area contributed by atoms with Gasteiger partial charge in [0.05, 0.1) is 5.92 Å². The Labute approximate surface area is 148 Å². The van der Waals surface area contributed by atoms with Gasteiger partial charge in [-0.2, -0.15) is 0 Å². The van der Waals surface area contributed by atoms with Crippen molar-refractivity contribution in [2.24, 2.45) is 11.8 Å². The molecule has 2 amide bonds. The Bertz CT molecular complexity index is 628. The number of carbonyl (C=O) groups is 2. The normalized spacial score (nSPS) is 27.0. The van der Waals surface area contributed by atoms with Crippen LogP contribution < -0.4 is 5.32 Å². The van der Waals surface area contributed by atoms with E-state index in [1.54, 1.807) is 11.1 Å². The molecule has 0 radical (unpaired) electrons. The lowest BCUT2D eigenvalue weighted by atomic mass is 9.94. The molecule has 138 valence electrons. The largest absolute Gasteiger partial charge is 0.369 e. The van der Waals surface area contributed by atoms with Crippen LogP contribution in [0.2, 0.25) is 0 Å². The van der Waals surface area contributed by atoms with Crippen LogP contribution in [-0.2, 0) is 20.9 Å². The summed E-state index contributed by atoms with van der Waals surface area (Å²) >= 11 is 0. The van der Waals surface area contributed by atoms with Crippen LogP contribution in [0, 0.1) is 11.8 Å². The average Bonchev–Trinajstić information content (AvgIpc) is 3.23. The molecule has 7 nitrogen and oxygen atoms in total. The summed E-state index contributed by atoms with van der Waals surface area (Å²) in [5.74, 6) is 0.861. The zero-order valence-corrected chi connectivity index (χ0v) is 15.3. The Kier molecular flexibility index (Phi) is 5.42. The number of carbonyl (C=O) groups excluding carboxylic acids is 2. The van der Waals surface area contributed by atoms with Crippen LogP contribution in [0.1, 0.15) is 45.5 Å². The Morgan fingerprint density at radius 1 is 1.48 bits per heavy atom. The van der Waals surface area contributed by atoms with Crippen LogP contribution in [-0.4, -0.2) is 52.0 Å². The fourth-order valence-electron chi connectivity index (χ4n) is 3.81. The number of piperazine rings is 1. The summed E-state index contributed by atoms with van der Waals surface area (Å²) in [5, 5.41) is 2.89. The molecule has 1 aromatic rings. The highest BCUT2D eigenvalue weighted by Crippen LogP contribution is 2.36. The topological polar surface area (TPSA) is 76.5 Å². The lowest BCUT2D eigenvalue weighted by Crippen LogP contribution is -2.58. The average molecular weight is 348 g/mol. The molecule has 0 aliphatic carbocycles. The van der Waals surface area contributed by atoms with Gasteiger partial charge in [0.15, 0.2) is 0 Å². The minimum absolute atomic E-state index is 0.0219. The molecule has 25 heavy (non-hydrogen) atoms. The zero-order valence-electron chi connectivity index (χ0n) is 15.3. The summed E-state index contributed by atoms with van der Waals surface area (Å²) in [6.45, 7) is 8.61. The minimum atomic E-state index is -0.381. The molecule has 3 rings (SSSR count). The monoisotopic (exact) mass is 348 g/mol. The fraction of sp³-hybridized carbons (Fsp3) is 0.722. The van der Waals surface area contributed by atoms with Crippen molar-refractivity contribution in [3.05, 3.63) is 18.2 Å². The van der Waals surface area contributed by atoms with E-state index in [9.17, 15) is 9.59 Å². The van der Waals surface area contributed by atoms with Gasteiger partial charge in [-0.15, -0.1) is 0 Å². The molecule has 2 saturated heterocycles. The lowest BCUT2D eigenvalue weighted by molar-refractivity contribution is -0.148. The molecule has 2 aliphatic rings. The van der Waals surface area contributed by atoms with Crippen molar-refractivity contribution < 1.29 is 14.3 Å². The van der Waals surface area contributed by atoms with Crippen LogP contribution in [0.25, 0.3) is 0 Å². The highest BCUT2D eigenvalue weighted by atomic mass is 16.5. The van der Waals surface area contributed by atoms with Gasteiger partial charge in [-0.25, -0.2) is 4.98 Å². The number of nitrogens with one attached hydrogen (secondary N) is 1. The molecule has 0 bridgehead atoms. The second kappa shape index (κ2) is 7.56. The van der Waals surface area contributed by atoms with Crippen molar-refractivity contribution in [3.63, 3.8) is 0 Å². The minimum Gasteiger partial charge on any atom is -0.369 e. The van der Waals surface area contributed by atoms with E-state index in [2.05, 4.69) is 24.1 Å². The quantitative estimate of drug-likeness (QED) is 0.871. The number of ether oxygens (including phenoxy) is 1. The molecule has 2 aliphatic heterocycles. The Balaban J connectivity index is 1.81. The molecule has 1 unspecified atom stereocenters. The molecular weight excluding hydrogens is 320 g/mol. The number of aromatic nitrogens is 2. The molecular formula is C18H28N4O3. The molecule has 7 heteroatoms. The predicted octanol–water partition coefficient (Wildman–Crippen LogP) is 1.35. The number of hydrogen-bond acceptors (Lipinski definition) is 4. The molecule has 0 spiro atoms. The van der Waals surface area contributed by atoms with E-state index in [0.29, 0.717) is 38.5 Å². The van der Waals surface area contributed by atoms with Gasteiger partial charge in [0.25, 0.3) is 0 Å². The maximum atomic E-state index is 13.3. The maximum Gasteiger partial charge on any atom is 0.242 e. The van der Waals surface area contributed by atoms with E-state index in [-0.39, 0.29) is 29.9 Å². The van der Waals surface area contributed by atoms with Gasteiger partial charge in [0, 0.05) is 38.6 Å². The van der Waals surface area contributed by atoms with Crippen LogP contribution in [0.3, 0.4) is 0 Å². The summed E-state index contributed by atoms with van der Waals surface area (Å²) in [6, 6.07) is -0.381. The van der Waals surface area contributed by atoms with Crippen LogP contribution in [0.5, 0.6) is 0 Å². The van der Waals surface area contributed by atoms with Gasteiger partial charge in [0.1, 0.15) is 18.0 Å². The molecule has 3 heterocycles. The second-order valence-electron chi connectivity index (χ2n) is 7.23. The summed E-state index contributed by atoms with van der Waals surface area (Å²) in [5.41, 5.74) is 0. The van der Waals surface area contributed by atoms with E-state index in [1.807, 2.05) is 17.7 Å². The number of nitrogens with zero attached hydrogens (tertiary/aromatic N) is 3. The van der Waals surface area contributed by atoms with E-state index in [4.69, 9.17) is 4.74 Å². The Morgan fingerprint density at radius 2 is 2.28 bits per heavy atom. The van der Waals surface area contributed by atoms with Gasteiger partial charge >= 0.3 is 0 Å². The molecule has 1 aromatic heterocycles. The van der Waals surface area contributed by atoms with Crippen LogP contribution in [0.4, 0.5) is 0 Å². The van der Waals surface area contributed by atoms with Crippen molar-refractivity contribution >= 4 is 11.8 Å². The molecule has 0 aromatic carbocycles. The smallest absolute Gasteiger partial charge is 0.242 e. The van der Waals surface area contributed by atoms with E-state index >= 15 is 0 Å². The van der Waals surface area contributed by atoms with E-state index in [0.717, 1.165) is 12.4 Å². The maximum absolute atomic E-state index is 13.3. The summed E-state index contributed by atoms with van der Waals surface area (Å²) in [7, 11) is 0. The van der Waals surface area contributed by atoms with Gasteiger partial charge in [-0.3, -0.25) is 9.59 Å². The first kappa shape index (κ1) is 17.9. The fourth-order valence-corrected chi connectivity index (χ4v) is 3.81. The van der Waals surface area contributed by atoms with Crippen molar-refractivity contribution in [1.82, 2.24) is 19.8 Å². The number of imidazole rings is 1. The van der Waals surface area contributed by atoms with Gasteiger partial charge in [-0.05, 0) is 25.7 Å². The molecule has 1 N–H and O–H groups in total. The molecule has 0 saturated carbocycles. The third kappa shape index (κ3) is 3.56. The van der Waals surface area contributed by atoms with Crippen LogP contribution in [0.15, 0.2) is 12.4 Å². The number of aryl methyl sites for hydroxylation is 1. The van der Waals surface area contributed by atoms with Gasteiger partial charge < -0.3 is 19.5 Å². The predicted molar refractivity (Wildman–Crippen MR) is 92.7 cm³/mol. The van der Waals surface area contributed by atoms with Crippen molar-refractivity contribution in [2.45, 2.75) is 52.3 Å². The van der Waals surface area contributed by atoms with Gasteiger partial charge in [0.2, 0.25) is 11.8 Å². The standard InChI is InChI=1S/C18H28N4O3/c1-4-21-8-6-19-16(21)15-13(5-10-25-15)18(24)22-9-7-20-17(23)14(22)11-12(2)3/h6,8,12-15H,4-5,7,9-11H2,1-3H3,(H,20,23)/t13-,14?,15-/m1/s1. The number of rotatable bonds is 5. The van der Waals surface area contributed by atoms with E-state index in [1.165, 1.54) is 0 Å². The lowest BCUT2D eigenvalue weighted by Gasteiger charge is -2.38. The van der Waals surface area contributed by atoms with Crippen molar-refractivity contribution in [3.8, 4) is 0 Å². The Hall–Kier alpha value is -1.89. The second-order valence-corrected chi connectivity index (χ2v) is 7.23. The molecule has 2 fully saturated rings. The third-order valence-electron chi connectivity index (χ3n) is 5.06. The third-order valence-corrected chi connectivity index (χ3v) is 5.06. The summed E-state index contributed by atoms with van der Waals surface area (Å²) in [4.78, 5) is 31.8. The summed E-state index contributed by atoms with van der Waals surface area (Å²) in [6.07, 6.45) is 4.69. The molecule has 3 atom stereocenters. The SMILES string of the molecule is CCn1ccnc1[C@@H]1OCC[C@H]1C(=O)N1CCNC(=O)C1CC(C)C. The first-order valence-corrected chi connectivity index (χ1v) is 9.23. The van der Waals surface area contributed by atoms with E-state index < -0.39 is 0 Å². The highest BCUT2D eigenvalue weighted by Gasteiger charge is 2.43. The Morgan fingerprint density at radius 3 is 3.00 bits per heavy atom. The number of hydrogen-bond donors (Lipinski definition) is 1. The van der Waals surface area contributed by atoms with Gasteiger partial charge in [-0.1, -0.05) is 13.8 Å². The number of amides is 2. The van der Waals surface area contributed by atoms with Crippen molar-refractivity contribution in [2.75, 3.05) is 19.7 Å². The van der Waals surface area contributed by atoms with Crippen LogP contribution >= 0.6 is 0 Å². The first-order chi connectivity index (χ1) is 12.0. The highest BCUT2D eigenvalue weighted by molar-refractivity contribution is 5.90. The van der Waals surface area contributed by atoms with Crippen molar-refractivity contribution in [1.29, 1.82) is 0 Å². The first-order valence-electron chi connectivity index (χ1n) is 9.23. The zero-order chi connectivity index (χ0) is 18.0.